The highest BCUT2D eigenvalue weighted by Crippen LogP contribution is 2.60. The lowest BCUT2D eigenvalue weighted by Gasteiger charge is -2.56. The van der Waals surface area contributed by atoms with Gasteiger partial charge in [-0.2, -0.15) is 0 Å². The first kappa shape index (κ1) is 12.5. The number of ether oxygens (including phenoxy) is 1. The molecule has 0 unspecified atom stereocenters. The molecular formula is C17H24N2O. The van der Waals surface area contributed by atoms with Crippen molar-refractivity contribution in [2.45, 2.75) is 38.5 Å². The van der Waals surface area contributed by atoms with Crippen LogP contribution in [-0.4, -0.2) is 6.61 Å². The average Bonchev–Trinajstić information content (AvgIpc) is 2.44. The van der Waals surface area contributed by atoms with Gasteiger partial charge in [-0.25, -0.2) is 0 Å². The van der Waals surface area contributed by atoms with Crippen LogP contribution < -0.4 is 16.0 Å². The highest BCUT2D eigenvalue weighted by Gasteiger charge is 2.51. The maximum atomic E-state index is 6.17. The van der Waals surface area contributed by atoms with Gasteiger partial charge in [-0.3, -0.25) is 5.84 Å². The molecule has 1 aromatic rings. The first-order valence-electron chi connectivity index (χ1n) is 7.95. The number of nitrogen functional groups attached to an aromatic ring is 1. The Labute approximate surface area is 120 Å². The molecule has 1 aromatic carbocycles. The van der Waals surface area contributed by atoms with E-state index in [4.69, 9.17) is 10.6 Å². The second-order valence-electron chi connectivity index (χ2n) is 7.35. The van der Waals surface area contributed by atoms with Crippen molar-refractivity contribution in [3.63, 3.8) is 0 Å². The van der Waals surface area contributed by atoms with Crippen molar-refractivity contribution in [1.29, 1.82) is 0 Å². The Morgan fingerprint density at radius 2 is 1.65 bits per heavy atom. The minimum atomic E-state index is 0.455. The van der Waals surface area contributed by atoms with Crippen molar-refractivity contribution in [1.82, 2.24) is 0 Å². The highest BCUT2D eigenvalue weighted by molar-refractivity contribution is 5.55. The minimum Gasteiger partial charge on any atom is -0.491 e. The number of hydrogen-bond donors (Lipinski definition) is 2. The molecule has 0 atom stereocenters. The molecule has 4 bridgehead atoms. The third kappa shape index (κ3) is 2.08. The molecule has 4 aliphatic rings. The summed E-state index contributed by atoms with van der Waals surface area (Å²) in [6.45, 7) is 0.870. The SMILES string of the molecule is NNc1ccccc1OCC12CC3CC(CC(C3)C1)C2. The highest BCUT2D eigenvalue weighted by atomic mass is 16.5. The van der Waals surface area contributed by atoms with Crippen LogP contribution in [0.25, 0.3) is 0 Å². The Morgan fingerprint density at radius 1 is 1.05 bits per heavy atom. The van der Waals surface area contributed by atoms with Gasteiger partial charge < -0.3 is 10.2 Å². The average molecular weight is 272 g/mol. The zero-order valence-electron chi connectivity index (χ0n) is 12.0. The number of hydrogen-bond acceptors (Lipinski definition) is 3. The summed E-state index contributed by atoms with van der Waals surface area (Å²) in [6.07, 6.45) is 8.62. The van der Waals surface area contributed by atoms with Gasteiger partial charge in [0.05, 0.1) is 12.3 Å². The number of nitrogens with one attached hydrogen (secondary N) is 1. The van der Waals surface area contributed by atoms with Crippen LogP contribution in [0.1, 0.15) is 38.5 Å². The van der Waals surface area contributed by atoms with Gasteiger partial charge >= 0.3 is 0 Å². The fourth-order valence-corrected chi connectivity index (χ4v) is 5.41. The van der Waals surface area contributed by atoms with Gasteiger partial charge in [0, 0.05) is 5.41 Å². The van der Waals surface area contributed by atoms with Gasteiger partial charge in [0.2, 0.25) is 0 Å². The summed E-state index contributed by atoms with van der Waals surface area (Å²) in [7, 11) is 0. The van der Waals surface area contributed by atoms with Crippen LogP contribution in [0.2, 0.25) is 0 Å². The topological polar surface area (TPSA) is 47.3 Å². The smallest absolute Gasteiger partial charge is 0.143 e. The fourth-order valence-electron chi connectivity index (χ4n) is 5.41. The number of rotatable bonds is 4. The van der Waals surface area contributed by atoms with Crippen LogP contribution in [0.15, 0.2) is 24.3 Å². The molecule has 108 valence electrons. The van der Waals surface area contributed by atoms with E-state index in [0.29, 0.717) is 5.41 Å². The van der Waals surface area contributed by atoms with Crippen molar-refractivity contribution in [3.05, 3.63) is 24.3 Å². The Hall–Kier alpha value is -1.22. The molecule has 0 radical (unpaired) electrons. The van der Waals surface area contributed by atoms with Gasteiger partial charge in [0.15, 0.2) is 0 Å². The normalized spacial score (nSPS) is 38.0. The van der Waals surface area contributed by atoms with E-state index in [0.717, 1.165) is 35.8 Å². The number of para-hydroxylation sites is 2. The van der Waals surface area contributed by atoms with Crippen LogP contribution >= 0.6 is 0 Å². The lowest BCUT2D eigenvalue weighted by molar-refractivity contribution is -0.0744. The van der Waals surface area contributed by atoms with Crippen molar-refractivity contribution >= 4 is 5.69 Å². The summed E-state index contributed by atoms with van der Waals surface area (Å²) in [6, 6.07) is 7.97. The molecule has 0 heterocycles. The van der Waals surface area contributed by atoms with E-state index in [1.165, 1.54) is 38.5 Å². The largest absolute Gasteiger partial charge is 0.491 e. The summed E-state index contributed by atoms with van der Waals surface area (Å²) in [5.41, 5.74) is 4.07. The summed E-state index contributed by atoms with van der Waals surface area (Å²) in [5.74, 6) is 9.39. The maximum absolute atomic E-state index is 6.17. The Balaban J connectivity index is 1.49. The van der Waals surface area contributed by atoms with Crippen LogP contribution in [-0.2, 0) is 0 Å². The molecule has 4 fully saturated rings. The summed E-state index contributed by atoms with van der Waals surface area (Å²) < 4.78 is 6.17. The van der Waals surface area contributed by atoms with E-state index in [1.807, 2.05) is 24.3 Å². The molecule has 0 amide bonds. The molecule has 0 spiro atoms. The van der Waals surface area contributed by atoms with Gasteiger partial charge in [0.1, 0.15) is 5.75 Å². The van der Waals surface area contributed by atoms with E-state index >= 15 is 0 Å². The van der Waals surface area contributed by atoms with Gasteiger partial charge in [-0.15, -0.1) is 0 Å². The first-order valence-corrected chi connectivity index (χ1v) is 7.95. The minimum absolute atomic E-state index is 0.455. The van der Waals surface area contributed by atoms with Crippen molar-refractivity contribution < 1.29 is 4.74 Å². The van der Waals surface area contributed by atoms with Crippen molar-refractivity contribution in [2.24, 2.45) is 29.0 Å². The van der Waals surface area contributed by atoms with Gasteiger partial charge in [0.25, 0.3) is 0 Å². The Bertz CT molecular complexity index is 464. The molecule has 20 heavy (non-hydrogen) atoms. The van der Waals surface area contributed by atoms with Crippen molar-refractivity contribution in [2.75, 3.05) is 12.0 Å². The molecular weight excluding hydrogens is 248 g/mol. The van der Waals surface area contributed by atoms with E-state index in [2.05, 4.69) is 5.43 Å². The van der Waals surface area contributed by atoms with Crippen LogP contribution in [0, 0.1) is 23.2 Å². The Morgan fingerprint density at radius 3 is 2.25 bits per heavy atom. The molecule has 0 saturated heterocycles. The van der Waals surface area contributed by atoms with Crippen molar-refractivity contribution in [3.8, 4) is 5.75 Å². The molecule has 3 heteroatoms. The lowest BCUT2D eigenvalue weighted by atomic mass is 9.50. The number of anilines is 1. The van der Waals surface area contributed by atoms with E-state index in [9.17, 15) is 0 Å². The third-order valence-corrected chi connectivity index (χ3v) is 5.74. The molecule has 3 N–H and O–H groups in total. The molecule has 4 aliphatic carbocycles. The zero-order valence-corrected chi connectivity index (χ0v) is 12.0. The number of hydrazine groups is 1. The van der Waals surface area contributed by atoms with Crippen LogP contribution in [0.4, 0.5) is 5.69 Å². The molecule has 5 rings (SSSR count). The van der Waals surface area contributed by atoms with Gasteiger partial charge in [-0.05, 0) is 68.4 Å². The van der Waals surface area contributed by atoms with Crippen LogP contribution in [0.5, 0.6) is 5.75 Å². The first-order chi connectivity index (χ1) is 9.76. The van der Waals surface area contributed by atoms with E-state index in [-0.39, 0.29) is 0 Å². The number of nitrogens with two attached hydrogens (primary N) is 1. The summed E-state index contributed by atoms with van der Waals surface area (Å²) in [4.78, 5) is 0. The monoisotopic (exact) mass is 272 g/mol. The molecule has 3 nitrogen and oxygen atoms in total. The molecule has 4 saturated carbocycles. The van der Waals surface area contributed by atoms with E-state index in [1.54, 1.807) is 0 Å². The quantitative estimate of drug-likeness (QED) is 0.650. The molecule has 0 aliphatic heterocycles. The maximum Gasteiger partial charge on any atom is 0.143 e. The Kier molecular flexibility index (Phi) is 2.92. The number of benzene rings is 1. The van der Waals surface area contributed by atoms with E-state index < -0.39 is 0 Å². The summed E-state index contributed by atoms with van der Waals surface area (Å²) >= 11 is 0. The molecule has 0 aromatic heterocycles. The van der Waals surface area contributed by atoms with Crippen LogP contribution in [0.3, 0.4) is 0 Å². The van der Waals surface area contributed by atoms with Gasteiger partial charge in [-0.1, -0.05) is 12.1 Å². The third-order valence-electron chi connectivity index (χ3n) is 5.74. The second kappa shape index (κ2) is 4.66. The fraction of sp³-hybridized carbons (Fsp3) is 0.647. The predicted molar refractivity (Wildman–Crippen MR) is 80.4 cm³/mol. The lowest BCUT2D eigenvalue weighted by Crippen LogP contribution is -2.48. The predicted octanol–water partition coefficient (Wildman–Crippen LogP) is 3.57. The summed E-state index contributed by atoms with van der Waals surface area (Å²) in [5, 5.41) is 0. The zero-order chi connectivity index (χ0) is 13.6. The second-order valence-corrected chi connectivity index (χ2v) is 7.35. The standard InChI is InChI=1S/C17H24N2O/c18-19-15-3-1-2-4-16(15)20-11-17-8-12-5-13(9-17)7-14(6-12)10-17/h1-4,12-14,19H,5-11,18H2.